The third kappa shape index (κ3) is 3.66. The molecule has 1 amide bonds. The molecular weight excluding hydrogens is 325 g/mol. The molecule has 6 nitrogen and oxygen atoms in total. The number of aromatic amines is 1. The molecule has 128 valence electrons. The summed E-state index contributed by atoms with van der Waals surface area (Å²) in [6.45, 7) is 0.883. The van der Waals surface area contributed by atoms with Gasteiger partial charge in [0, 0.05) is 25.9 Å². The average Bonchev–Trinajstić information content (AvgIpc) is 3.09. The summed E-state index contributed by atoms with van der Waals surface area (Å²) in [5.41, 5.74) is -0.739. The van der Waals surface area contributed by atoms with E-state index in [1.807, 2.05) is 0 Å². The second-order valence-corrected chi connectivity index (χ2v) is 5.46. The third-order valence-corrected chi connectivity index (χ3v) is 3.80. The molecule has 24 heavy (non-hydrogen) atoms. The summed E-state index contributed by atoms with van der Waals surface area (Å²) < 4.78 is 43.8. The largest absolute Gasteiger partial charge is 0.490 e. The Morgan fingerprint density at radius 2 is 2.04 bits per heavy atom. The van der Waals surface area contributed by atoms with E-state index in [1.54, 1.807) is 4.90 Å². The van der Waals surface area contributed by atoms with Gasteiger partial charge in [0.2, 0.25) is 5.82 Å². The summed E-state index contributed by atoms with van der Waals surface area (Å²) in [6, 6.07) is 4.82. The van der Waals surface area contributed by atoms with Gasteiger partial charge in [-0.3, -0.25) is 9.89 Å². The predicted octanol–water partition coefficient (Wildman–Crippen LogP) is 2.51. The molecule has 1 aliphatic rings. The number of likely N-dealkylation sites (tertiary alicyclic amines) is 1. The Hall–Kier alpha value is -2.58. The standard InChI is InChI=1S/C15H15F3N4O2/c16-15(17,18)10-2-1-3-12(8-10)24-11-4-6-22(7-5-11)14(23)13-19-9-20-21-13/h1-3,8-9,11H,4-7H2,(H,19,20,21). The van der Waals surface area contributed by atoms with Crippen molar-refractivity contribution in [3.8, 4) is 5.75 Å². The number of H-pyrrole nitrogens is 1. The van der Waals surface area contributed by atoms with Crippen molar-refractivity contribution in [1.82, 2.24) is 20.1 Å². The molecule has 1 saturated heterocycles. The van der Waals surface area contributed by atoms with Gasteiger partial charge in [-0.2, -0.15) is 13.2 Å². The number of nitrogens with zero attached hydrogens (tertiary/aromatic N) is 3. The molecule has 0 saturated carbocycles. The van der Waals surface area contributed by atoms with Crippen molar-refractivity contribution in [1.29, 1.82) is 0 Å². The minimum Gasteiger partial charge on any atom is -0.490 e. The number of alkyl halides is 3. The minimum atomic E-state index is -4.40. The van der Waals surface area contributed by atoms with E-state index in [0.29, 0.717) is 25.9 Å². The number of ether oxygens (including phenoxy) is 1. The molecule has 3 rings (SSSR count). The first-order valence-corrected chi connectivity index (χ1v) is 7.42. The van der Waals surface area contributed by atoms with Crippen molar-refractivity contribution in [2.24, 2.45) is 0 Å². The van der Waals surface area contributed by atoms with E-state index in [9.17, 15) is 18.0 Å². The van der Waals surface area contributed by atoms with Gasteiger partial charge in [0.05, 0.1) is 5.56 Å². The van der Waals surface area contributed by atoms with Crippen molar-refractivity contribution in [3.63, 3.8) is 0 Å². The second kappa shape index (κ2) is 6.50. The van der Waals surface area contributed by atoms with Crippen LogP contribution in [0.15, 0.2) is 30.6 Å². The van der Waals surface area contributed by atoms with Gasteiger partial charge in [-0.15, -0.1) is 5.10 Å². The summed E-state index contributed by atoms with van der Waals surface area (Å²) in [7, 11) is 0. The Bertz CT molecular complexity index is 695. The van der Waals surface area contributed by atoms with Crippen LogP contribution in [0, 0.1) is 0 Å². The highest BCUT2D eigenvalue weighted by molar-refractivity contribution is 5.90. The maximum absolute atomic E-state index is 12.7. The summed E-state index contributed by atoms with van der Waals surface area (Å²) in [5, 5.41) is 6.23. The number of rotatable bonds is 3. The van der Waals surface area contributed by atoms with Crippen LogP contribution < -0.4 is 4.74 Å². The number of aromatic nitrogens is 3. The molecule has 0 aliphatic carbocycles. The second-order valence-electron chi connectivity index (χ2n) is 5.46. The number of halogens is 3. The van der Waals surface area contributed by atoms with E-state index in [-0.39, 0.29) is 23.6 Å². The Morgan fingerprint density at radius 1 is 1.29 bits per heavy atom. The fourth-order valence-corrected chi connectivity index (χ4v) is 2.57. The highest BCUT2D eigenvalue weighted by atomic mass is 19.4. The van der Waals surface area contributed by atoms with Crippen molar-refractivity contribution in [3.05, 3.63) is 42.0 Å². The highest BCUT2D eigenvalue weighted by Gasteiger charge is 2.31. The lowest BCUT2D eigenvalue weighted by Gasteiger charge is -2.31. The molecule has 0 atom stereocenters. The number of piperidine rings is 1. The van der Waals surface area contributed by atoms with E-state index in [0.717, 1.165) is 12.1 Å². The highest BCUT2D eigenvalue weighted by Crippen LogP contribution is 2.32. The number of benzene rings is 1. The molecule has 0 unspecified atom stereocenters. The average molecular weight is 340 g/mol. The van der Waals surface area contributed by atoms with Gasteiger partial charge in [0.25, 0.3) is 5.91 Å². The maximum Gasteiger partial charge on any atom is 0.416 e. The van der Waals surface area contributed by atoms with Crippen LogP contribution in [0.25, 0.3) is 0 Å². The molecule has 2 aromatic rings. The van der Waals surface area contributed by atoms with Gasteiger partial charge in [0.1, 0.15) is 18.2 Å². The maximum atomic E-state index is 12.7. The predicted molar refractivity (Wildman–Crippen MR) is 77.4 cm³/mol. The monoisotopic (exact) mass is 340 g/mol. The first-order valence-electron chi connectivity index (χ1n) is 7.42. The molecule has 9 heteroatoms. The molecule has 0 radical (unpaired) electrons. The Kier molecular flexibility index (Phi) is 4.41. The molecule has 1 aromatic carbocycles. The summed E-state index contributed by atoms with van der Waals surface area (Å²) >= 11 is 0. The normalized spacial score (nSPS) is 16.2. The zero-order valence-corrected chi connectivity index (χ0v) is 12.6. The zero-order chi connectivity index (χ0) is 17.2. The first kappa shape index (κ1) is 16.3. The lowest BCUT2D eigenvalue weighted by Crippen LogP contribution is -2.42. The quantitative estimate of drug-likeness (QED) is 0.932. The fourth-order valence-electron chi connectivity index (χ4n) is 2.57. The number of amides is 1. The summed E-state index contributed by atoms with van der Waals surface area (Å²) in [4.78, 5) is 17.5. The third-order valence-electron chi connectivity index (χ3n) is 3.80. The van der Waals surface area contributed by atoms with E-state index >= 15 is 0 Å². The van der Waals surface area contributed by atoms with Crippen LogP contribution in [-0.2, 0) is 6.18 Å². The van der Waals surface area contributed by atoms with Crippen molar-refractivity contribution >= 4 is 5.91 Å². The molecule has 1 aromatic heterocycles. The summed E-state index contributed by atoms with van der Waals surface area (Å²) in [5.74, 6) is 0.0181. The van der Waals surface area contributed by atoms with Gasteiger partial charge < -0.3 is 9.64 Å². The van der Waals surface area contributed by atoms with Crippen LogP contribution in [0.5, 0.6) is 5.75 Å². The van der Waals surface area contributed by atoms with Gasteiger partial charge in [-0.25, -0.2) is 4.98 Å². The molecule has 0 bridgehead atoms. The molecule has 2 heterocycles. The lowest BCUT2D eigenvalue weighted by molar-refractivity contribution is -0.137. The Morgan fingerprint density at radius 3 is 2.67 bits per heavy atom. The van der Waals surface area contributed by atoms with Crippen LogP contribution in [0.1, 0.15) is 29.0 Å². The first-order chi connectivity index (χ1) is 11.4. The van der Waals surface area contributed by atoms with Crippen molar-refractivity contribution in [2.45, 2.75) is 25.1 Å². The van der Waals surface area contributed by atoms with Crippen molar-refractivity contribution < 1.29 is 22.7 Å². The van der Waals surface area contributed by atoms with E-state index < -0.39 is 11.7 Å². The van der Waals surface area contributed by atoms with Crippen LogP contribution in [0.2, 0.25) is 0 Å². The van der Waals surface area contributed by atoms with E-state index in [2.05, 4.69) is 15.2 Å². The molecular formula is C15H15F3N4O2. The van der Waals surface area contributed by atoms with Crippen LogP contribution in [0.4, 0.5) is 13.2 Å². The molecule has 1 aliphatic heterocycles. The fraction of sp³-hybridized carbons (Fsp3) is 0.400. The van der Waals surface area contributed by atoms with E-state index in [4.69, 9.17) is 4.74 Å². The van der Waals surface area contributed by atoms with E-state index in [1.165, 1.54) is 18.5 Å². The van der Waals surface area contributed by atoms with Gasteiger partial charge in [-0.05, 0) is 18.2 Å². The van der Waals surface area contributed by atoms with Crippen LogP contribution in [0.3, 0.4) is 0 Å². The number of nitrogens with one attached hydrogen (secondary N) is 1. The number of carbonyl (C=O) groups excluding carboxylic acids is 1. The van der Waals surface area contributed by atoms with Crippen LogP contribution in [-0.4, -0.2) is 45.2 Å². The smallest absolute Gasteiger partial charge is 0.416 e. The molecule has 1 fully saturated rings. The van der Waals surface area contributed by atoms with Gasteiger partial charge in [-0.1, -0.05) is 6.07 Å². The Balaban J connectivity index is 1.57. The number of hydrogen-bond acceptors (Lipinski definition) is 4. The minimum absolute atomic E-state index is 0.104. The number of hydrogen-bond donors (Lipinski definition) is 1. The summed E-state index contributed by atoms with van der Waals surface area (Å²) in [6.07, 6.45) is -2.23. The SMILES string of the molecule is O=C(c1nc[nH]n1)N1CCC(Oc2cccc(C(F)(F)F)c2)CC1. The zero-order valence-electron chi connectivity index (χ0n) is 12.6. The van der Waals surface area contributed by atoms with Crippen molar-refractivity contribution in [2.75, 3.05) is 13.1 Å². The topological polar surface area (TPSA) is 71.1 Å². The number of carbonyl (C=O) groups is 1. The lowest BCUT2D eigenvalue weighted by atomic mass is 10.1. The van der Waals surface area contributed by atoms with Gasteiger partial charge in [0.15, 0.2) is 0 Å². The Labute approximate surface area is 135 Å². The van der Waals surface area contributed by atoms with Crippen LogP contribution >= 0.6 is 0 Å². The molecule has 0 spiro atoms. The molecule has 1 N–H and O–H groups in total. The van der Waals surface area contributed by atoms with Gasteiger partial charge >= 0.3 is 6.18 Å².